The maximum absolute atomic E-state index is 13.2. The summed E-state index contributed by atoms with van der Waals surface area (Å²) in [6.07, 6.45) is 7.22. The first-order valence-electron chi connectivity index (χ1n) is 11.5. The number of pyridine rings is 1. The van der Waals surface area contributed by atoms with Crippen molar-refractivity contribution in [2.24, 2.45) is 5.92 Å². The van der Waals surface area contributed by atoms with Gasteiger partial charge in [-0.15, -0.1) is 12.4 Å². The Balaban J connectivity index is 0.00000289. The van der Waals surface area contributed by atoms with Crippen molar-refractivity contribution < 1.29 is 17.9 Å². The topological polar surface area (TPSA) is 83.0 Å². The van der Waals surface area contributed by atoms with E-state index in [1.165, 1.54) is 9.99 Å². The van der Waals surface area contributed by atoms with Gasteiger partial charge < -0.3 is 14.5 Å². The zero-order chi connectivity index (χ0) is 23.7. The van der Waals surface area contributed by atoms with E-state index in [0.717, 1.165) is 25.9 Å². The number of carbonyl (C=O) groups is 1. The molecule has 5 rings (SSSR count). The van der Waals surface area contributed by atoms with E-state index in [1.54, 1.807) is 36.7 Å². The van der Waals surface area contributed by atoms with Crippen LogP contribution in [0.2, 0.25) is 5.02 Å². The number of carbonyl (C=O) groups excluding carboxylic acids is 1. The van der Waals surface area contributed by atoms with Gasteiger partial charge in [0.15, 0.2) is 0 Å². The third-order valence-corrected chi connectivity index (χ3v) is 8.86. The Kier molecular flexibility index (Phi) is 7.90. The van der Waals surface area contributed by atoms with Gasteiger partial charge in [-0.25, -0.2) is 8.42 Å². The summed E-state index contributed by atoms with van der Waals surface area (Å²) in [7, 11) is -3.79. The van der Waals surface area contributed by atoms with Crippen LogP contribution in [0.1, 0.15) is 18.4 Å². The number of halogens is 2. The van der Waals surface area contributed by atoms with Crippen molar-refractivity contribution in [3.05, 3.63) is 58.2 Å². The summed E-state index contributed by atoms with van der Waals surface area (Å²) in [4.78, 5) is 21.3. The number of anilines is 1. The fourth-order valence-corrected chi connectivity index (χ4v) is 6.34. The van der Waals surface area contributed by atoms with Crippen LogP contribution in [-0.4, -0.2) is 74.4 Å². The Hall–Kier alpha value is -2.33. The van der Waals surface area contributed by atoms with Gasteiger partial charge in [-0.3, -0.25) is 9.78 Å². The minimum atomic E-state index is -3.79. The Morgan fingerprint density at radius 1 is 1.06 bits per heavy atom. The second-order valence-corrected chi connectivity index (χ2v) is 11.3. The predicted octanol–water partition coefficient (Wildman–Crippen LogP) is 3.28. The normalized spacial score (nSPS) is 19.5. The summed E-state index contributed by atoms with van der Waals surface area (Å²) in [5, 5.41) is 0.531. The Bertz CT molecular complexity index is 1200. The van der Waals surface area contributed by atoms with Crippen LogP contribution in [0.5, 0.6) is 5.75 Å². The van der Waals surface area contributed by atoms with Gasteiger partial charge in [-0.1, -0.05) is 11.6 Å². The van der Waals surface area contributed by atoms with Crippen molar-refractivity contribution in [1.29, 1.82) is 0 Å². The molecule has 2 fully saturated rings. The van der Waals surface area contributed by atoms with Crippen molar-refractivity contribution in [1.82, 2.24) is 14.2 Å². The number of nitrogens with zero attached hydrogens (tertiary/aromatic N) is 4. The van der Waals surface area contributed by atoms with Gasteiger partial charge >= 0.3 is 0 Å². The molecular formula is C24H28Cl2N4O4S. The molecule has 0 aliphatic carbocycles. The monoisotopic (exact) mass is 538 g/mol. The van der Waals surface area contributed by atoms with Crippen LogP contribution in [0.4, 0.5) is 5.69 Å². The van der Waals surface area contributed by atoms with E-state index in [2.05, 4.69) is 9.88 Å². The summed E-state index contributed by atoms with van der Waals surface area (Å²) < 4.78 is 33.3. The van der Waals surface area contributed by atoms with Crippen molar-refractivity contribution in [3.63, 3.8) is 0 Å². The van der Waals surface area contributed by atoms with Crippen LogP contribution >= 0.6 is 24.0 Å². The second-order valence-electron chi connectivity index (χ2n) is 8.90. The third kappa shape index (κ3) is 5.58. The van der Waals surface area contributed by atoms with Gasteiger partial charge in [0.25, 0.3) is 0 Å². The van der Waals surface area contributed by atoms with Crippen molar-refractivity contribution in [2.75, 3.05) is 50.8 Å². The quantitative estimate of drug-likeness (QED) is 0.580. The summed E-state index contributed by atoms with van der Waals surface area (Å²) in [6.45, 7) is 3.05. The molecule has 3 aliphatic heterocycles. The summed E-state index contributed by atoms with van der Waals surface area (Å²) >= 11 is 5.99. The fraction of sp³-hybridized carbons (Fsp3) is 0.417. The number of aromatic nitrogens is 1. The average Bonchev–Trinajstić information content (AvgIpc) is 2.86. The molecule has 11 heteroatoms. The molecule has 0 unspecified atom stereocenters. The van der Waals surface area contributed by atoms with Gasteiger partial charge in [-0.05, 0) is 55.2 Å². The predicted molar refractivity (Wildman–Crippen MR) is 138 cm³/mol. The Labute approximate surface area is 217 Å². The summed E-state index contributed by atoms with van der Waals surface area (Å²) in [6, 6.07) is 9.13. The maximum atomic E-state index is 13.2. The van der Waals surface area contributed by atoms with E-state index < -0.39 is 10.0 Å². The number of piperidine rings is 1. The van der Waals surface area contributed by atoms with Gasteiger partial charge in [0.1, 0.15) is 12.4 Å². The number of sulfonamides is 1. The van der Waals surface area contributed by atoms with Crippen molar-refractivity contribution in [2.45, 2.75) is 12.8 Å². The van der Waals surface area contributed by atoms with E-state index in [-0.39, 0.29) is 42.9 Å². The number of hydrogen-bond donors (Lipinski definition) is 0. The first kappa shape index (κ1) is 25.8. The molecule has 188 valence electrons. The lowest BCUT2D eigenvalue weighted by Crippen LogP contribution is -2.54. The van der Waals surface area contributed by atoms with Crippen LogP contribution in [0.25, 0.3) is 6.08 Å². The molecule has 3 aliphatic rings. The molecule has 0 radical (unpaired) electrons. The molecule has 2 saturated heterocycles. The molecule has 0 N–H and O–H groups in total. The van der Waals surface area contributed by atoms with Gasteiger partial charge in [0, 0.05) is 61.4 Å². The molecule has 0 saturated carbocycles. The lowest BCUT2D eigenvalue weighted by molar-refractivity contribution is -0.134. The van der Waals surface area contributed by atoms with Gasteiger partial charge in [0.2, 0.25) is 15.9 Å². The van der Waals surface area contributed by atoms with Crippen molar-refractivity contribution in [3.8, 4) is 5.75 Å². The molecule has 1 aromatic carbocycles. The molecule has 2 aromatic rings. The van der Waals surface area contributed by atoms with Crippen LogP contribution < -0.4 is 9.64 Å². The van der Waals surface area contributed by atoms with Crippen LogP contribution in [0.3, 0.4) is 0 Å². The van der Waals surface area contributed by atoms with Crippen LogP contribution in [0.15, 0.2) is 47.6 Å². The average molecular weight is 539 g/mol. The SMILES string of the molecule is Cl.O=C1CN(S(=O)(=O)C2=Cc3ccc(Cl)cc3OC2)CCN1CC1CCN(c2ccncc2)CC1. The number of amides is 1. The van der Waals surface area contributed by atoms with E-state index in [1.807, 2.05) is 17.0 Å². The van der Waals surface area contributed by atoms with E-state index >= 15 is 0 Å². The standard InChI is InChI=1S/C24H27ClN4O4S.ClH/c25-20-2-1-19-13-22(17-33-23(19)14-20)34(31,32)29-12-11-28(24(30)16-29)15-18-5-9-27(10-6-18)21-3-7-26-8-4-21;/h1-4,7-8,13-14,18H,5-6,9-12,15-17H2;1H. The minimum Gasteiger partial charge on any atom is -0.487 e. The molecule has 0 bridgehead atoms. The first-order valence-corrected chi connectivity index (χ1v) is 13.3. The number of fused-ring (bicyclic) bond motifs is 1. The number of piperazine rings is 1. The van der Waals surface area contributed by atoms with Crippen LogP contribution in [-0.2, 0) is 14.8 Å². The largest absolute Gasteiger partial charge is 0.487 e. The first-order chi connectivity index (χ1) is 16.4. The molecule has 8 nitrogen and oxygen atoms in total. The zero-order valence-electron chi connectivity index (χ0n) is 19.2. The van der Waals surface area contributed by atoms with Gasteiger partial charge in [0.05, 0.1) is 11.4 Å². The smallest absolute Gasteiger partial charge is 0.243 e. The number of ether oxygens (including phenoxy) is 1. The van der Waals surface area contributed by atoms with Crippen LogP contribution in [0, 0.1) is 5.92 Å². The molecule has 4 heterocycles. The highest BCUT2D eigenvalue weighted by molar-refractivity contribution is 7.93. The highest BCUT2D eigenvalue weighted by atomic mass is 35.5. The second kappa shape index (κ2) is 10.7. The highest BCUT2D eigenvalue weighted by Crippen LogP contribution is 2.32. The zero-order valence-corrected chi connectivity index (χ0v) is 21.6. The fourth-order valence-electron chi connectivity index (χ4n) is 4.76. The molecule has 35 heavy (non-hydrogen) atoms. The minimum absolute atomic E-state index is 0. The number of hydrogen-bond acceptors (Lipinski definition) is 6. The molecule has 0 spiro atoms. The lowest BCUT2D eigenvalue weighted by atomic mass is 9.95. The van der Waals surface area contributed by atoms with E-state index in [4.69, 9.17) is 16.3 Å². The Morgan fingerprint density at radius 2 is 1.80 bits per heavy atom. The third-order valence-electron chi connectivity index (χ3n) is 6.74. The molecule has 1 amide bonds. The number of benzene rings is 1. The molecule has 0 atom stereocenters. The highest BCUT2D eigenvalue weighted by Gasteiger charge is 2.36. The Morgan fingerprint density at radius 3 is 2.51 bits per heavy atom. The number of rotatable bonds is 5. The van der Waals surface area contributed by atoms with Crippen molar-refractivity contribution >= 4 is 51.7 Å². The maximum Gasteiger partial charge on any atom is 0.243 e. The van der Waals surface area contributed by atoms with E-state index in [9.17, 15) is 13.2 Å². The van der Waals surface area contributed by atoms with E-state index in [0.29, 0.717) is 35.3 Å². The van der Waals surface area contributed by atoms with Gasteiger partial charge in [-0.2, -0.15) is 4.31 Å². The summed E-state index contributed by atoms with van der Waals surface area (Å²) in [5.74, 6) is 0.834. The summed E-state index contributed by atoms with van der Waals surface area (Å²) in [5.41, 5.74) is 1.84. The molecular weight excluding hydrogens is 511 g/mol. The lowest BCUT2D eigenvalue weighted by Gasteiger charge is -2.39. The molecule has 1 aromatic heterocycles.